The van der Waals surface area contributed by atoms with E-state index in [1.165, 1.54) is 50.6 Å². The van der Waals surface area contributed by atoms with E-state index in [0.717, 1.165) is 0 Å². The van der Waals surface area contributed by atoms with Gasteiger partial charge in [0.05, 0.1) is 29.8 Å². The Morgan fingerprint density at radius 3 is 2.42 bits per heavy atom. The van der Waals surface area contributed by atoms with Crippen molar-refractivity contribution in [1.29, 1.82) is 0 Å². The second kappa shape index (κ2) is 6.89. The highest BCUT2D eigenvalue weighted by atomic mass is 35.5. The van der Waals surface area contributed by atoms with Gasteiger partial charge in [-0.25, -0.2) is 8.42 Å². The number of anilines is 1. The molecule has 2 N–H and O–H groups in total. The molecule has 1 heterocycles. The molecule has 0 fully saturated rings. The average molecular weight is 395 g/mol. The van der Waals surface area contributed by atoms with Gasteiger partial charge in [0.15, 0.2) is 0 Å². The van der Waals surface area contributed by atoms with Crippen LogP contribution in [0.3, 0.4) is 0 Å². The highest BCUT2D eigenvalue weighted by molar-refractivity contribution is 7.92. The van der Waals surface area contributed by atoms with Crippen LogP contribution in [0, 0.1) is 0 Å². The number of methoxy groups -OCH3 is 2. The zero-order valence-corrected chi connectivity index (χ0v) is 15.4. The maximum Gasteiger partial charge on any atom is 0.262 e. The Morgan fingerprint density at radius 2 is 1.73 bits per heavy atom. The first kappa shape index (κ1) is 18.1. The number of aromatic amines is 1. The smallest absolute Gasteiger partial charge is 0.262 e. The fourth-order valence-corrected chi connectivity index (χ4v) is 3.78. The molecular weight excluding hydrogens is 380 g/mol. The molecule has 0 aliphatic rings. The highest BCUT2D eigenvalue weighted by Gasteiger charge is 2.19. The van der Waals surface area contributed by atoms with Gasteiger partial charge in [-0.3, -0.25) is 9.52 Å². The molecule has 0 radical (unpaired) electrons. The van der Waals surface area contributed by atoms with Crippen molar-refractivity contribution < 1.29 is 17.9 Å². The van der Waals surface area contributed by atoms with E-state index in [9.17, 15) is 13.2 Å². The third-order valence-corrected chi connectivity index (χ3v) is 5.38. The molecule has 0 bridgehead atoms. The first-order chi connectivity index (χ1) is 12.3. The van der Waals surface area contributed by atoms with Gasteiger partial charge in [-0.15, -0.1) is 0 Å². The number of nitrogens with one attached hydrogen (secondary N) is 2. The number of pyridine rings is 1. The van der Waals surface area contributed by atoms with E-state index in [1.54, 1.807) is 6.07 Å². The lowest BCUT2D eigenvalue weighted by atomic mass is 10.2. The number of H-pyrrole nitrogens is 1. The number of rotatable bonds is 5. The summed E-state index contributed by atoms with van der Waals surface area (Å²) in [5, 5.41) is 0.828. The van der Waals surface area contributed by atoms with E-state index < -0.39 is 10.0 Å². The van der Waals surface area contributed by atoms with Gasteiger partial charge >= 0.3 is 0 Å². The summed E-state index contributed by atoms with van der Waals surface area (Å²) in [4.78, 5) is 14.0. The van der Waals surface area contributed by atoms with E-state index in [2.05, 4.69) is 9.71 Å². The van der Waals surface area contributed by atoms with Crippen molar-refractivity contribution in [2.24, 2.45) is 0 Å². The number of ether oxygens (including phenoxy) is 2. The lowest BCUT2D eigenvalue weighted by Gasteiger charge is -2.14. The number of benzene rings is 2. The van der Waals surface area contributed by atoms with Crippen LogP contribution >= 0.6 is 11.6 Å². The summed E-state index contributed by atoms with van der Waals surface area (Å²) in [6, 6.07) is 10.2. The fourth-order valence-electron chi connectivity index (χ4n) is 2.44. The minimum Gasteiger partial charge on any atom is -0.495 e. The van der Waals surface area contributed by atoms with Gasteiger partial charge in [0, 0.05) is 17.6 Å². The normalized spacial score (nSPS) is 11.3. The molecule has 3 aromatic rings. The van der Waals surface area contributed by atoms with E-state index in [0.29, 0.717) is 16.7 Å². The number of halogens is 1. The molecule has 9 heteroatoms. The Labute approximate surface area is 154 Å². The lowest BCUT2D eigenvalue weighted by Crippen LogP contribution is -2.14. The van der Waals surface area contributed by atoms with E-state index in [1.807, 2.05) is 0 Å². The van der Waals surface area contributed by atoms with Crippen LogP contribution in [0.1, 0.15) is 0 Å². The summed E-state index contributed by atoms with van der Waals surface area (Å²) in [5.41, 5.74) is 0.463. The molecule has 0 atom stereocenters. The van der Waals surface area contributed by atoms with Gasteiger partial charge in [-0.1, -0.05) is 11.6 Å². The third-order valence-electron chi connectivity index (χ3n) is 3.72. The van der Waals surface area contributed by atoms with Crippen LogP contribution in [0.25, 0.3) is 10.9 Å². The van der Waals surface area contributed by atoms with Crippen LogP contribution < -0.4 is 19.8 Å². The minimum atomic E-state index is -3.91. The van der Waals surface area contributed by atoms with Crippen molar-refractivity contribution in [2.45, 2.75) is 4.90 Å². The highest BCUT2D eigenvalue weighted by Crippen LogP contribution is 2.37. The molecular formula is C17H15ClN2O5S. The molecule has 0 aliphatic carbocycles. The first-order valence-electron chi connectivity index (χ1n) is 7.41. The second-order valence-corrected chi connectivity index (χ2v) is 7.45. The topological polar surface area (TPSA) is 97.5 Å². The lowest BCUT2D eigenvalue weighted by molar-refractivity contribution is 0.396. The van der Waals surface area contributed by atoms with Crippen LogP contribution in [0.5, 0.6) is 11.5 Å². The van der Waals surface area contributed by atoms with Gasteiger partial charge in [-0.05, 0) is 35.7 Å². The molecule has 0 aliphatic heterocycles. The molecule has 2 aromatic carbocycles. The molecule has 136 valence electrons. The number of hydrogen-bond donors (Lipinski definition) is 2. The summed E-state index contributed by atoms with van der Waals surface area (Å²) < 4.78 is 38.2. The third kappa shape index (κ3) is 3.47. The molecule has 7 nitrogen and oxygen atoms in total. The zero-order chi connectivity index (χ0) is 18.9. The van der Waals surface area contributed by atoms with Crippen molar-refractivity contribution in [1.82, 2.24) is 4.98 Å². The first-order valence-corrected chi connectivity index (χ1v) is 9.27. The molecule has 3 rings (SSSR count). The van der Waals surface area contributed by atoms with Crippen molar-refractivity contribution in [2.75, 3.05) is 18.9 Å². The predicted octanol–water partition coefficient (Wildman–Crippen LogP) is 3.00. The van der Waals surface area contributed by atoms with Crippen molar-refractivity contribution in [3.8, 4) is 11.5 Å². The fraction of sp³-hybridized carbons (Fsp3) is 0.118. The largest absolute Gasteiger partial charge is 0.495 e. The molecule has 0 saturated heterocycles. The van der Waals surface area contributed by atoms with Gasteiger partial charge < -0.3 is 14.5 Å². The summed E-state index contributed by atoms with van der Waals surface area (Å²) in [5.74, 6) is 0.626. The van der Waals surface area contributed by atoms with Crippen LogP contribution in [-0.2, 0) is 10.0 Å². The predicted molar refractivity (Wildman–Crippen MR) is 99.9 cm³/mol. The van der Waals surface area contributed by atoms with Crippen molar-refractivity contribution >= 4 is 38.2 Å². The maximum atomic E-state index is 12.7. The molecule has 1 aromatic heterocycles. The molecule has 0 amide bonds. The van der Waals surface area contributed by atoms with E-state index in [-0.39, 0.29) is 26.9 Å². The average Bonchev–Trinajstić information content (AvgIpc) is 2.61. The molecule has 0 saturated carbocycles. The summed E-state index contributed by atoms with van der Waals surface area (Å²) in [6.45, 7) is 0. The quantitative estimate of drug-likeness (QED) is 0.693. The number of hydrogen-bond acceptors (Lipinski definition) is 5. The van der Waals surface area contributed by atoms with Crippen LogP contribution in [0.2, 0.25) is 5.02 Å². The van der Waals surface area contributed by atoms with Gasteiger partial charge in [0.25, 0.3) is 10.0 Å². The van der Waals surface area contributed by atoms with E-state index >= 15 is 0 Å². The Kier molecular flexibility index (Phi) is 4.80. The van der Waals surface area contributed by atoms with Gasteiger partial charge in [-0.2, -0.15) is 0 Å². The Hall–Kier alpha value is -2.71. The second-order valence-electron chi connectivity index (χ2n) is 5.36. The van der Waals surface area contributed by atoms with Crippen molar-refractivity contribution in [3.05, 3.63) is 57.8 Å². The molecule has 0 unspecified atom stereocenters. The number of fused-ring (bicyclic) bond motifs is 1. The SMILES string of the molecule is COc1cc(OC)c(NS(=O)(=O)c2ccc3[nH]c(=O)ccc3c2)cc1Cl. The number of sulfonamides is 1. The van der Waals surface area contributed by atoms with Gasteiger partial charge in [0.2, 0.25) is 5.56 Å². The number of aromatic nitrogens is 1. The van der Waals surface area contributed by atoms with E-state index in [4.69, 9.17) is 21.1 Å². The van der Waals surface area contributed by atoms with Crippen LogP contribution in [-0.4, -0.2) is 27.6 Å². The zero-order valence-electron chi connectivity index (χ0n) is 13.9. The monoisotopic (exact) mass is 394 g/mol. The summed E-state index contributed by atoms with van der Waals surface area (Å²) in [7, 11) is -1.05. The van der Waals surface area contributed by atoms with Crippen LogP contribution in [0.4, 0.5) is 5.69 Å². The Balaban J connectivity index is 2.03. The van der Waals surface area contributed by atoms with Crippen molar-refractivity contribution in [3.63, 3.8) is 0 Å². The Bertz CT molecular complexity index is 1140. The van der Waals surface area contributed by atoms with Gasteiger partial charge in [0.1, 0.15) is 11.5 Å². The summed E-state index contributed by atoms with van der Waals surface area (Å²) in [6.07, 6.45) is 0. The molecule has 0 spiro atoms. The Morgan fingerprint density at radius 1 is 1.00 bits per heavy atom. The maximum absolute atomic E-state index is 12.7. The summed E-state index contributed by atoms with van der Waals surface area (Å²) >= 11 is 6.08. The molecule has 26 heavy (non-hydrogen) atoms. The minimum absolute atomic E-state index is 0.0334. The standard InChI is InChI=1S/C17H15ClN2O5S/c1-24-15-9-16(25-2)14(8-12(15)18)20-26(22,23)11-4-5-13-10(7-11)3-6-17(21)19-13/h3-9,20H,1-2H3,(H,19,21). The van der Waals surface area contributed by atoms with Crippen LogP contribution in [0.15, 0.2) is 52.2 Å².